The number of nitrogens with two attached hydrogens (primary N) is 1. The minimum absolute atomic E-state index is 0.376. The van der Waals surface area contributed by atoms with Crippen LogP contribution in [0.1, 0.15) is 37.7 Å². The second-order valence-electron chi connectivity index (χ2n) is 6.58. The van der Waals surface area contributed by atoms with E-state index in [0.717, 1.165) is 18.7 Å². The van der Waals surface area contributed by atoms with Crippen molar-refractivity contribution < 1.29 is 8.42 Å². The smallest absolute Gasteiger partial charge is 0.243 e. The second-order valence-corrected chi connectivity index (χ2v) is 8.52. The molecule has 1 aliphatic carbocycles. The Morgan fingerprint density at radius 2 is 1.57 bits per heavy atom. The molecule has 1 heterocycles. The Morgan fingerprint density at radius 3 is 2.13 bits per heavy atom. The average molecular weight is 337 g/mol. The van der Waals surface area contributed by atoms with Crippen LogP contribution in [0.25, 0.3) is 0 Å². The Hall–Kier alpha value is -0.950. The van der Waals surface area contributed by atoms with Crippen LogP contribution in [-0.4, -0.2) is 49.8 Å². The molecule has 1 aromatic carbocycles. The molecular formula is C17H27N3O2S. The molecule has 2 aliphatic rings. The summed E-state index contributed by atoms with van der Waals surface area (Å²) in [6.45, 7) is 3.32. The second kappa shape index (κ2) is 7.30. The lowest BCUT2D eigenvalue weighted by atomic mass is 9.94. The van der Waals surface area contributed by atoms with Crippen LogP contribution in [0.15, 0.2) is 29.2 Å². The molecule has 1 aliphatic heterocycles. The van der Waals surface area contributed by atoms with Gasteiger partial charge in [0.2, 0.25) is 10.0 Å². The monoisotopic (exact) mass is 337 g/mol. The Kier molecular flexibility index (Phi) is 5.36. The van der Waals surface area contributed by atoms with E-state index in [2.05, 4.69) is 4.90 Å². The van der Waals surface area contributed by atoms with Crippen LogP contribution in [0, 0.1) is 0 Å². The number of nitrogens with zero attached hydrogens (tertiary/aromatic N) is 2. The van der Waals surface area contributed by atoms with Gasteiger partial charge in [0.05, 0.1) is 4.90 Å². The zero-order valence-electron chi connectivity index (χ0n) is 13.7. The van der Waals surface area contributed by atoms with Crippen molar-refractivity contribution in [1.29, 1.82) is 0 Å². The molecule has 0 aromatic heterocycles. The molecule has 3 rings (SSSR count). The predicted octanol–water partition coefficient (Wildman–Crippen LogP) is 1.78. The highest BCUT2D eigenvalue weighted by atomic mass is 32.2. The molecule has 2 fully saturated rings. The number of hydrogen-bond donors (Lipinski definition) is 1. The zero-order valence-corrected chi connectivity index (χ0v) is 14.5. The molecule has 0 amide bonds. The molecule has 1 saturated heterocycles. The van der Waals surface area contributed by atoms with Crippen molar-refractivity contribution in [3.05, 3.63) is 29.8 Å². The first-order valence-electron chi connectivity index (χ1n) is 8.64. The van der Waals surface area contributed by atoms with Gasteiger partial charge in [0.1, 0.15) is 0 Å². The normalized spacial score (nSPS) is 22.3. The molecule has 0 bridgehead atoms. The van der Waals surface area contributed by atoms with E-state index in [1.807, 2.05) is 0 Å². The molecule has 2 N–H and O–H groups in total. The summed E-state index contributed by atoms with van der Waals surface area (Å²) in [5, 5.41) is 0. The molecule has 1 saturated carbocycles. The highest BCUT2D eigenvalue weighted by Crippen LogP contribution is 2.25. The first-order valence-corrected chi connectivity index (χ1v) is 10.1. The average Bonchev–Trinajstić information content (AvgIpc) is 2.62. The first kappa shape index (κ1) is 16.9. The van der Waals surface area contributed by atoms with Crippen LogP contribution in [0.5, 0.6) is 0 Å². The van der Waals surface area contributed by atoms with Gasteiger partial charge in [0.25, 0.3) is 0 Å². The minimum Gasteiger partial charge on any atom is -0.326 e. The van der Waals surface area contributed by atoms with Crippen molar-refractivity contribution >= 4 is 10.0 Å². The van der Waals surface area contributed by atoms with Gasteiger partial charge in [-0.1, -0.05) is 31.4 Å². The maximum absolute atomic E-state index is 12.7. The third-order valence-electron chi connectivity index (χ3n) is 5.16. The van der Waals surface area contributed by atoms with Crippen molar-refractivity contribution in [2.75, 3.05) is 26.2 Å². The fourth-order valence-corrected chi connectivity index (χ4v) is 5.12. The van der Waals surface area contributed by atoms with Crippen molar-refractivity contribution in [2.45, 2.75) is 49.6 Å². The largest absolute Gasteiger partial charge is 0.326 e. The van der Waals surface area contributed by atoms with Gasteiger partial charge in [-0.15, -0.1) is 0 Å². The summed E-state index contributed by atoms with van der Waals surface area (Å²) in [6.07, 6.45) is 6.53. The zero-order chi connectivity index (χ0) is 16.3. The molecule has 5 nitrogen and oxygen atoms in total. The molecular weight excluding hydrogens is 310 g/mol. The van der Waals surface area contributed by atoms with E-state index >= 15 is 0 Å². The fraction of sp³-hybridized carbons (Fsp3) is 0.647. The number of piperazine rings is 1. The van der Waals surface area contributed by atoms with E-state index in [4.69, 9.17) is 5.73 Å². The molecule has 1 aromatic rings. The molecule has 0 atom stereocenters. The molecule has 6 heteroatoms. The van der Waals surface area contributed by atoms with Gasteiger partial charge in [0, 0.05) is 38.8 Å². The minimum atomic E-state index is -3.38. The highest BCUT2D eigenvalue weighted by Gasteiger charge is 2.31. The third kappa shape index (κ3) is 3.76. The summed E-state index contributed by atoms with van der Waals surface area (Å²) in [4.78, 5) is 2.86. The van der Waals surface area contributed by atoms with E-state index in [-0.39, 0.29) is 0 Å². The van der Waals surface area contributed by atoms with E-state index in [1.165, 1.54) is 32.1 Å². The van der Waals surface area contributed by atoms with E-state index < -0.39 is 10.0 Å². The standard InChI is InChI=1S/C17H27N3O2S/c18-14-15-6-8-17(9-7-15)23(21,22)20-12-10-19(11-13-20)16-4-2-1-3-5-16/h6-9,16H,1-5,10-14,18H2. The van der Waals surface area contributed by atoms with Gasteiger partial charge in [0.15, 0.2) is 0 Å². The van der Waals surface area contributed by atoms with Crippen LogP contribution < -0.4 is 5.73 Å². The summed E-state index contributed by atoms with van der Waals surface area (Å²) in [6, 6.07) is 7.60. The Morgan fingerprint density at radius 1 is 0.957 bits per heavy atom. The third-order valence-corrected chi connectivity index (χ3v) is 7.07. The quantitative estimate of drug-likeness (QED) is 0.909. The highest BCUT2D eigenvalue weighted by molar-refractivity contribution is 7.89. The van der Waals surface area contributed by atoms with Crippen LogP contribution >= 0.6 is 0 Å². The maximum atomic E-state index is 12.7. The molecule has 0 spiro atoms. The Labute approximate surface area is 139 Å². The lowest BCUT2D eigenvalue weighted by Gasteiger charge is -2.40. The van der Waals surface area contributed by atoms with Gasteiger partial charge < -0.3 is 5.73 Å². The number of benzene rings is 1. The van der Waals surface area contributed by atoms with E-state index in [9.17, 15) is 8.42 Å². The Bertz CT molecular complexity index is 601. The van der Waals surface area contributed by atoms with Gasteiger partial charge in [-0.3, -0.25) is 4.90 Å². The van der Waals surface area contributed by atoms with E-state index in [0.29, 0.717) is 30.6 Å². The van der Waals surface area contributed by atoms with Crippen LogP contribution in [0.4, 0.5) is 0 Å². The summed E-state index contributed by atoms with van der Waals surface area (Å²) >= 11 is 0. The van der Waals surface area contributed by atoms with Crippen molar-refractivity contribution in [1.82, 2.24) is 9.21 Å². The number of rotatable bonds is 4. The van der Waals surface area contributed by atoms with Crippen LogP contribution in [0.3, 0.4) is 0 Å². The van der Waals surface area contributed by atoms with Crippen molar-refractivity contribution in [3.63, 3.8) is 0 Å². The van der Waals surface area contributed by atoms with Gasteiger partial charge in [-0.05, 0) is 30.5 Å². The van der Waals surface area contributed by atoms with Crippen molar-refractivity contribution in [3.8, 4) is 0 Å². The van der Waals surface area contributed by atoms with E-state index in [1.54, 1.807) is 28.6 Å². The summed E-state index contributed by atoms with van der Waals surface area (Å²) in [5.74, 6) is 0. The topological polar surface area (TPSA) is 66.6 Å². The predicted molar refractivity (Wildman–Crippen MR) is 91.5 cm³/mol. The maximum Gasteiger partial charge on any atom is 0.243 e. The molecule has 23 heavy (non-hydrogen) atoms. The SMILES string of the molecule is NCc1ccc(S(=O)(=O)N2CCN(C3CCCCC3)CC2)cc1. The van der Waals surface area contributed by atoms with Crippen LogP contribution in [0.2, 0.25) is 0 Å². The van der Waals surface area contributed by atoms with Crippen molar-refractivity contribution in [2.24, 2.45) is 5.73 Å². The van der Waals surface area contributed by atoms with Gasteiger partial charge >= 0.3 is 0 Å². The van der Waals surface area contributed by atoms with Gasteiger partial charge in [-0.25, -0.2) is 8.42 Å². The molecule has 0 radical (unpaired) electrons. The molecule has 128 valence electrons. The number of hydrogen-bond acceptors (Lipinski definition) is 4. The summed E-state index contributed by atoms with van der Waals surface area (Å²) in [5.41, 5.74) is 6.52. The van der Waals surface area contributed by atoms with Crippen LogP contribution in [-0.2, 0) is 16.6 Å². The lowest BCUT2D eigenvalue weighted by molar-refractivity contribution is 0.111. The number of sulfonamides is 1. The summed E-state index contributed by atoms with van der Waals surface area (Å²) < 4.78 is 27.1. The Balaban J connectivity index is 1.63. The first-order chi connectivity index (χ1) is 11.1. The van der Waals surface area contributed by atoms with Gasteiger partial charge in [-0.2, -0.15) is 4.31 Å². The lowest BCUT2D eigenvalue weighted by Crippen LogP contribution is -2.52. The molecule has 0 unspecified atom stereocenters. The summed E-state index contributed by atoms with van der Waals surface area (Å²) in [7, 11) is -3.38. The fourth-order valence-electron chi connectivity index (χ4n) is 3.70.